The predicted octanol–water partition coefficient (Wildman–Crippen LogP) is 0.709. The van der Waals surface area contributed by atoms with Gasteiger partial charge in [0.25, 0.3) is 0 Å². The highest BCUT2D eigenvalue weighted by Crippen LogP contribution is 2.37. The van der Waals surface area contributed by atoms with E-state index < -0.39 is 0 Å². The van der Waals surface area contributed by atoms with Crippen molar-refractivity contribution in [2.24, 2.45) is 11.8 Å². The quantitative estimate of drug-likeness (QED) is 0.603. The molecule has 1 heterocycles. The van der Waals surface area contributed by atoms with Crippen molar-refractivity contribution in [1.82, 2.24) is 4.90 Å². The summed E-state index contributed by atoms with van der Waals surface area (Å²) in [6.45, 7) is 5.87. The van der Waals surface area contributed by atoms with Gasteiger partial charge in [-0.2, -0.15) is 0 Å². The summed E-state index contributed by atoms with van der Waals surface area (Å²) in [5, 5.41) is 9.38. The maximum absolute atomic E-state index is 9.38. The molecule has 0 spiro atoms. The molecule has 0 aromatic heterocycles. The van der Waals surface area contributed by atoms with Gasteiger partial charge in [0.05, 0.1) is 6.10 Å². The summed E-state index contributed by atoms with van der Waals surface area (Å²) in [6.07, 6.45) is 2.13. The number of rotatable bonds is 1. The van der Waals surface area contributed by atoms with Crippen molar-refractivity contribution in [2.75, 3.05) is 19.6 Å². The lowest BCUT2D eigenvalue weighted by molar-refractivity contribution is 0.163. The van der Waals surface area contributed by atoms with Crippen LogP contribution in [0, 0.1) is 11.8 Å². The van der Waals surface area contributed by atoms with Crippen LogP contribution in [0.3, 0.4) is 0 Å². The van der Waals surface area contributed by atoms with Gasteiger partial charge in [-0.1, -0.05) is 6.92 Å². The fourth-order valence-electron chi connectivity index (χ4n) is 2.62. The molecule has 2 rings (SSSR count). The third kappa shape index (κ3) is 1.30. The van der Waals surface area contributed by atoms with E-state index in [1.165, 1.54) is 19.6 Å². The van der Waals surface area contributed by atoms with E-state index in [1.54, 1.807) is 0 Å². The molecular formula is C9H17NO. The average molecular weight is 155 g/mol. The second kappa shape index (κ2) is 2.76. The molecule has 1 aliphatic carbocycles. The molecule has 0 aromatic carbocycles. The molecule has 0 radical (unpaired) electrons. The zero-order chi connectivity index (χ0) is 7.84. The number of nitrogens with zero attached hydrogens (tertiary/aromatic N) is 1. The first-order chi connectivity index (χ1) is 5.29. The van der Waals surface area contributed by atoms with Gasteiger partial charge in [-0.3, -0.25) is 0 Å². The molecule has 1 aliphatic heterocycles. The van der Waals surface area contributed by atoms with Crippen molar-refractivity contribution in [3.8, 4) is 0 Å². The highest BCUT2D eigenvalue weighted by molar-refractivity contribution is 4.91. The van der Waals surface area contributed by atoms with Crippen molar-refractivity contribution in [3.63, 3.8) is 0 Å². The van der Waals surface area contributed by atoms with E-state index in [9.17, 15) is 5.11 Å². The van der Waals surface area contributed by atoms with Crippen LogP contribution in [0.4, 0.5) is 0 Å². The number of likely N-dealkylation sites (tertiary alicyclic amines) is 1. The van der Waals surface area contributed by atoms with E-state index in [-0.39, 0.29) is 6.10 Å². The lowest BCUT2D eigenvalue weighted by Crippen LogP contribution is -2.22. The summed E-state index contributed by atoms with van der Waals surface area (Å²) in [5.41, 5.74) is 0. The Balaban J connectivity index is 1.93. The van der Waals surface area contributed by atoms with Gasteiger partial charge in [-0.05, 0) is 31.2 Å². The molecule has 2 heteroatoms. The molecular weight excluding hydrogens is 138 g/mol. The summed E-state index contributed by atoms with van der Waals surface area (Å²) in [6, 6.07) is 0. The first kappa shape index (κ1) is 7.56. The topological polar surface area (TPSA) is 23.5 Å². The van der Waals surface area contributed by atoms with Crippen LogP contribution in [-0.2, 0) is 0 Å². The Morgan fingerprint density at radius 2 is 1.82 bits per heavy atom. The van der Waals surface area contributed by atoms with Gasteiger partial charge in [-0.25, -0.2) is 0 Å². The van der Waals surface area contributed by atoms with E-state index >= 15 is 0 Å². The van der Waals surface area contributed by atoms with Crippen molar-refractivity contribution in [3.05, 3.63) is 0 Å². The Labute approximate surface area is 68.2 Å². The summed E-state index contributed by atoms with van der Waals surface area (Å²) in [4.78, 5) is 2.50. The fourth-order valence-corrected chi connectivity index (χ4v) is 2.62. The van der Waals surface area contributed by atoms with Gasteiger partial charge in [0.1, 0.15) is 0 Å². The van der Waals surface area contributed by atoms with Gasteiger partial charge < -0.3 is 10.0 Å². The monoisotopic (exact) mass is 155 g/mol. The van der Waals surface area contributed by atoms with Gasteiger partial charge in [-0.15, -0.1) is 0 Å². The molecule has 2 nitrogen and oxygen atoms in total. The van der Waals surface area contributed by atoms with Gasteiger partial charge in [0, 0.05) is 13.1 Å². The van der Waals surface area contributed by atoms with Crippen LogP contribution < -0.4 is 0 Å². The van der Waals surface area contributed by atoms with E-state index in [2.05, 4.69) is 11.8 Å². The number of hydrogen-bond donors (Lipinski definition) is 1. The highest BCUT2D eigenvalue weighted by atomic mass is 16.3. The molecule has 1 saturated heterocycles. The highest BCUT2D eigenvalue weighted by Gasteiger charge is 2.39. The van der Waals surface area contributed by atoms with E-state index in [0.717, 1.165) is 24.7 Å². The van der Waals surface area contributed by atoms with E-state index in [1.807, 2.05) is 0 Å². The Hall–Kier alpha value is -0.0800. The van der Waals surface area contributed by atoms with Crippen LogP contribution in [0.15, 0.2) is 0 Å². The molecule has 2 fully saturated rings. The first-order valence-corrected chi connectivity index (χ1v) is 4.70. The zero-order valence-electron chi connectivity index (χ0n) is 7.16. The minimum atomic E-state index is 0.0176. The predicted molar refractivity (Wildman–Crippen MR) is 44.3 cm³/mol. The van der Waals surface area contributed by atoms with E-state index in [0.29, 0.717) is 0 Å². The van der Waals surface area contributed by atoms with Crippen molar-refractivity contribution in [2.45, 2.75) is 25.9 Å². The maximum Gasteiger partial charge on any atom is 0.0546 e. The minimum absolute atomic E-state index is 0.0176. The smallest absolute Gasteiger partial charge is 0.0546 e. The van der Waals surface area contributed by atoms with Crippen molar-refractivity contribution >= 4 is 0 Å². The molecule has 64 valence electrons. The molecule has 1 saturated carbocycles. The maximum atomic E-state index is 9.38. The van der Waals surface area contributed by atoms with Gasteiger partial charge in [0.2, 0.25) is 0 Å². The molecule has 1 N–H and O–H groups in total. The van der Waals surface area contributed by atoms with Crippen LogP contribution in [0.5, 0.6) is 0 Å². The van der Waals surface area contributed by atoms with Crippen LogP contribution >= 0.6 is 0 Å². The summed E-state index contributed by atoms with van der Waals surface area (Å²) in [7, 11) is 0. The number of aliphatic hydroxyl groups is 1. The van der Waals surface area contributed by atoms with Gasteiger partial charge in [0.15, 0.2) is 0 Å². The van der Waals surface area contributed by atoms with Crippen LogP contribution in [-0.4, -0.2) is 35.7 Å². The molecule has 3 atom stereocenters. The molecule has 1 unspecified atom stereocenters. The van der Waals surface area contributed by atoms with Crippen molar-refractivity contribution in [1.29, 1.82) is 0 Å². The summed E-state index contributed by atoms with van der Waals surface area (Å²) < 4.78 is 0. The average Bonchev–Trinajstić information content (AvgIpc) is 2.43. The SMILES string of the molecule is CCN1C[C@H]2CC(O)C[C@H]2C1. The number of fused-ring (bicyclic) bond motifs is 1. The summed E-state index contributed by atoms with van der Waals surface area (Å²) >= 11 is 0. The Morgan fingerprint density at radius 1 is 1.27 bits per heavy atom. The third-order valence-electron chi connectivity index (χ3n) is 3.25. The third-order valence-corrected chi connectivity index (χ3v) is 3.25. The molecule has 0 amide bonds. The number of aliphatic hydroxyl groups excluding tert-OH is 1. The second-order valence-electron chi connectivity index (χ2n) is 4.00. The molecule has 0 aromatic rings. The molecule has 11 heavy (non-hydrogen) atoms. The van der Waals surface area contributed by atoms with Crippen LogP contribution in [0.25, 0.3) is 0 Å². The lowest BCUT2D eigenvalue weighted by atomic mass is 10.0. The Kier molecular flexibility index (Phi) is 1.90. The Bertz CT molecular complexity index is 134. The normalized spacial score (nSPS) is 44.7. The van der Waals surface area contributed by atoms with Crippen molar-refractivity contribution < 1.29 is 5.11 Å². The first-order valence-electron chi connectivity index (χ1n) is 4.70. The van der Waals surface area contributed by atoms with Crippen LogP contribution in [0.1, 0.15) is 19.8 Å². The minimum Gasteiger partial charge on any atom is -0.393 e. The summed E-state index contributed by atoms with van der Waals surface area (Å²) in [5.74, 6) is 1.62. The van der Waals surface area contributed by atoms with Gasteiger partial charge >= 0.3 is 0 Å². The molecule has 2 aliphatic rings. The largest absolute Gasteiger partial charge is 0.393 e. The zero-order valence-corrected chi connectivity index (χ0v) is 7.16. The van der Waals surface area contributed by atoms with E-state index in [4.69, 9.17) is 0 Å². The second-order valence-corrected chi connectivity index (χ2v) is 4.00. The Morgan fingerprint density at radius 3 is 2.27 bits per heavy atom. The standard InChI is InChI=1S/C9H17NO/c1-2-10-5-7-3-9(11)4-8(7)6-10/h7-9,11H,2-6H2,1H3/t7-,8+,9?. The van der Waals surface area contributed by atoms with Crippen LogP contribution in [0.2, 0.25) is 0 Å². The lowest BCUT2D eigenvalue weighted by Gasteiger charge is -2.13. The molecule has 0 bridgehead atoms. The fraction of sp³-hybridized carbons (Fsp3) is 1.00. The number of hydrogen-bond acceptors (Lipinski definition) is 2.